The maximum absolute atomic E-state index is 12.5. The molecule has 140 valence electrons. The van der Waals surface area contributed by atoms with E-state index in [0.29, 0.717) is 6.54 Å². The summed E-state index contributed by atoms with van der Waals surface area (Å²) in [5, 5.41) is 10.4. The van der Waals surface area contributed by atoms with Crippen LogP contribution in [0, 0.1) is 0 Å². The minimum absolute atomic E-state index is 0.0360. The number of rotatable bonds is 5. The number of aromatic hydroxyl groups is 1. The van der Waals surface area contributed by atoms with Crippen LogP contribution in [0.2, 0.25) is 0 Å². The Morgan fingerprint density at radius 3 is 2.42 bits per heavy atom. The number of fused-ring (bicyclic) bond motifs is 1. The summed E-state index contributed by atoms with van der Waals surface area (Å²) in [6, 6.07) is 10.6. The van der Waals surface area contributed by atoms with Crippen molar-refractivity contribution in [2.24, 2.45) is 0 Å². The molecular weight excluding hydrogens is 328 g/mol. The van der Waals surface area contributed by atoms with Crippen LogP contribution >= 0.6 is 0 Å². The number of aromatic nitrogens is 2. The Balaban J connectivity index is 1.29. The van der Waals surface area contributed by atoms with E-state index in [1.54, 1.807) is 9.13 Å². The quantitative estimate of drug-likeness (QED) is 0.889. The fourth-order valence-electron chi connectivity index (χ4n) is 4.19. The lowest BCUT2D eigenvalue weighted by atomic mass is 10.1. The number of para-hydroxylation sites is 1. The number of hydrogen-bond donors (Lipinski definition) is 1. The molecule has 0 amide bonds. The third-order valence-electron chi connectivity index (χ3n) is 5.70. The smallest absolute Gasteiger partial charge is 0.331 e. The lowest BCUT2D eigenvalue weighted by molar-refractivity contribution is 0.248. The Kier molecular flexibility index (Phi) is 5.02. The predicted octanol–water partition coefficient (Wildman–Crippen LogP) is 1.90. The van der Waals surface area contributed by atoms with E-state index in [0.717, 1.165) is 70.6 Å². The zero-order valence-corrected chi connectivity index (χ0v) is 15.3. The van der Waals surface area contributed by atoms with Gasteiger partial charge in [-0.3, -0.25) is 14.0 Å². The van der Waals surface area contributed by atoms with Gasteiger partial charge in [-0.2, -0.15) is 0 Å². The summed E-state index contributed by atoms with van der Waals surface area (Å²) in [7, 11) is 0. The van der Waals surface area contributed by atoms with E-state index in [2.05, 4.69) is 40.1 Å². The van der Waals surface area contributed by atoms with Crippen molar-refractivity contribution in [1.29, 1.82) is 0 Å². The molecule has 2 aromatic rings. The van der Waals surface area contributed by atoms with E-state index >= 15 is 0 Å². The maximum atomic E-state index is 12.5. The number of imidazole rings is 1. The van der Waals surface area contributed by atoms with Crippen molar-refractivity contribution in [3.63, 3.8) is 0 Å². The largest absolute Gasteiger partial charge is 0.493 e. The van der Waals surface area contributed by atoms with Crippen molar-refractivity contribution < 1.29 is 5.11 Å². The molecule has 2 aliphatic heterocycles. The molecule has 2 aliphatic rings. The number of nitrogens with zero attached hydrogens (tertiary/aromatic N) is 4. The second kappa shape index (κ2) is 7.58. The second-order valence-corrected chi connectivity index (χ2v) is 7.33. The van der Waals surface area contributed by atoms with Crippen molar-refractivity contribution in [1.82, 2.24) is 14.0 Å². The first-order chi connectivity index (χ1) is 12.7. The molecule has 0 spiro atoms. The molecule has 26 heavy (non-hydrogen) atoms. The van der Waals surface area contributed by atoms with Gasteiger partial charge in [-0.15, -0.1) is 0 Å². The molecule has 0 unspecified atom stereocenters. The van der Waals surface area contributed by atoms with Gasteiger partial charge in [0.2, 0.25) is 5.88 Å². The molecule has 0 saturated carbocycles. The minimum atomic E-state index is -0.0360. The van der Waals surface area contributed by atoms with Gasteiger partial charge in [-0.25, -0.2) is 4.79 Å². The first kappa shape index (κ1) is 17.2. The van der Waals surface area contributed by atoms with Crippen LogP contribution in [0.3, 0.4) is 0 Å². The van der Waals surface area contributed by atoms with Crippen LogP contribution in [0.4, 0.5) is 5.69 Å². The SMILES string of the molecule is O=c1n(CCCN2CCN(c3ccccc3)CC2)c(O)c2n1CCCC2. The number of benzene rings is 1. The van der Waals surface area contributed by atoms with Crippen molar-refractivity contribution in [2.45, 2.75) is 38.8 Å². The van der Waals surface area contributed by atoms with Crippen LogP contribution in [-0.4, -0.2) is 51.9 Å². The van der Waals surface area contributed by atoms with Crippen molar-refractivity contribution in [3.05, 3.63) is 46.5 Å². The zero-order valence-electron chi connectivity index (χ0n) is 15.3. The Morgan fingerprint density at radius 2 is 1.69 bits per heavy atom. The van der Waals surface area contributed by atoms with E-state index in [9.17, 15) is 9.90 Å². The van der Waals surface area contributed by atoms with Crippen LogP contribution in [-0.2, 0) is 19.5 Å². The molecule has 1 saturated heterocycles. The summed E-state index contributed by atoms with van der Waals surface area (Å²) in [5.74, 6) is 0.198. The van der Waals surface area contributed by atoms with E-state index in [1.807, 2.05) is 0 Å². The number of piperazine rings is 1. The highest BCUT2D eigenvalue weighted by molar-refractivity contribution is 5.46. The topological polar surface area (TPSA) is 53.6 Å². The fourth-order valence-corrected chi connectivity index (χ4v) is 4.19. The molecule has 0 bridgehead atoms. The maximum Gasteiger partial charge on any atom is 0.331 e. The van der Waals surface area contributed by atoms with E-state index < -0.39 is 0 Å². The molecule has 1 aromatic carbocycles. The van der Waals surface area contributed by atoms with Gasteiger partial charge in [-0.1, -0.05) is 18.2 Å². The highest BCUT2D eigenvalue weighted by Crippen LogP contribution is 2.23. The summed E-state index contributed by atoms with van der Waals surface area (Å²) in [5.41, 5.74) is 2.09. The van der Waals surface area contributed by atoms with Crippen LogP contribution in [0.15, 0.2) is 35.1 Å². The van der Waals surface area contributed by atoms with Gasteiger partial charge < -0.3 is 10.0 Å². The third-order valence-corrected chi connectivity index (χ3v) is 5.70. The van der Waals surface area contributed by atoms with Gasteiger partial charge in [0.25, 0.3) is 0 Å². The first-order valence-electron chi connectivity index (χ1n) is 9.77. The Labute approximate surface area is 154 Å². The van der Waals surface area contributed by atoms with Crippen LogP contribution in [0.5, 0.6) is 5.88 Å². The van der Waals surface area contributed by atoms with Crippen molar-refractivity contribution in [3.8, 4) is 5.88 Å². The summed E-state index contributed by atoms with van der Waals surface area (Å²) >= 11 is 0. The number of hydrogen-bond acceptors (Lipinski definition) is 4. The molecule has 4 rings (SSSR count). The molecule has 1 N–H and O–H groups in total. The van der Waals surface area contributed by atoms with E-state index in [-0.39, 0.29) is 11.6 Å². The summed E-state index contributed by atoms with van der Waals surface area (Å²) in [4.78, 5) is 17.3. The molecule has 1 aromatic heterocycles. The highest BCUT2D eigenvalue weighted by atomic mass is 16.3. The van der Waals surface area contributed by atoms with E-state index in [1.165, 1.54) is 5.69 Å². The van der Waals surface area contributed by atoms with Crippen LogP contribution < -0.4 is 10.6 Å². The lowest BCUT2D eigenvalue weighted by Gasteiger charge is -2.36. The normalized spacial score (nSPS) is 18.1. The van der Waals surface area contributed by atoms with E-state index in [4.69, 9.17) is 0 Å². The van der Waals surface area contributed by atoms with Crippen molar-refractivity contribution >= 4 is 5.69 Å². The molecule has 3 heterocycles. The predicted molar refractivity (Wildman–Crippen MR) is 103 cm³/mol. The second-order valence-electron chi connectivity index (χ2n) is 7.33. The fraction of sp³-hybridized carbons (Fsp3) is 0.550. The lowest BCUT2D eigenvalue weighted by Crippen LogP contribution is -2.46. The molecule has 6 heteroatoms. The van der Waals surface area contributed by atoms with Gasteiger partial charge in [0.15, 0.2) is 0 Å². The summed E-state index contributed by atoms with van der Waals surface area (Å²) in [6.45, 7) is 6.48. The average molecular weight is 356 g/mol. The molecule has 0 aliphatic carbocycles. The molecular formula is C20H28N4O2. The molecule has 6 nitrogen and oxygen atoms in total. The molecule has 1 fully saturated rings. The first-order valence-corrected chi connectivity index (χ1v) is 9.77. The summed E-state index contributed by atoms with van der Waals surface area (Å²) < 4.78 is 3.33. The average Bonchev–Trinajstić information content (AvgIpc) is 2.94. The Bertz CT molecular complexity index is 788. The van der Waals surface area contributed by atoms with Gasteiger partial charge in [0.05, 0.1) is 5.69 Å². The van der Waals surface area contributed by atoms with Gasteiger partial charge >= 0.3 is 5.69 Å². The molecule has 0 atom stereocenters. The Hall–Kier alpha value is -2.21. The third kappa shape index (κ3) is 3.38. The van der Waals surface area contributed by atoms with Crippen molar-refractivity contribution in [2.75, 3.05) is 37.6 Å². The van der Waals surface area contributed by atoms with Gasteiger partial charge in [0.1, 0.15) is 0 Å². The Morgan fingerprint density at radius 1 is 0.923 bits per heavy atom. The zero-order chi connectivity index (χ0) is 17.9. The highest BCUT2D eigenvalue weighted by Gasteiger charge is 2.22. The van der Waals surface area contributed by atoms with Gasteiger partial charge in [0, 0.05) is 45.0 Å². The van der Waals surface area contributed by atoms with Crippen LogP contribution in [0.1, 0.15) is 25.0 Å². The number of anilines is 1. The summed E-state index contributed by atoms with van der Waals surface area (Å²) in [6.07, 6.45) is 3.79. The standard InChI is InChI=1S/C20H28N4O2/c25-19-18-9-4-5-11-23(18)20(26)24(19)12-6-10-21-13-15-22(16-14-21)17-7-2-1-3-8-17/h1-3,7-8,25H,4-6,9-16H2. The molecule has 0 radical (unpaired) electrons. The van der Waals surface area contributed by atoms with Gasteiger partial charge in [-0.05, 0) is 44.4 Å². The van der Waals surface area contributed by atoms with Crippen LogP contribution in [0.25, 0.3) is 0 Å². The minimum Gasteiger partial charge on any atom is -0.493 e. The monoisotopic (exact) mass is 356 g/mol.